The van der Waals surface area contributed by atoms with Crippen molar-refractivity contribution in [2.75, 3.05) is 24.6 Å². The van der Waals surface area contributed by atoms with Crippen LogP contribution in [0.1, 0.15) is 25.6 Å². The van der Waals surface area contributed by atoms with Crippen molar-refractivity contribution in [1.82, 2.24) is 14.5 Å². The van der Waals surface area contributed by atoms with Crippen molar-refractivity contribution in [1.29, 1.82) is 0 Å². The van der Waals surface area contributed by atoms with E-state index < -0.39 is 0 Å². The molecule has 0 radical (unpaired) electrons. The Kier molecular flexibility index (Phi) is 5.12. The van der Waals surface area contributed by atoms with E-state index in [-0.39, 0.29) is 33.3 Å². The molecule has 4 heterocycles. The first-order valence-electron chi connectivity index (χ1n) is 9.36. The van der Waals surface area contributed by atoms with Crippen LogP contribution in [0.3, 0.4) is 0 Å². The molecule has 2 N–H and O–H groups in total. The molecule has 0 unspecified atom stereocenters. The molecule has 2 atom stereocenters. The summed E-state index contributed by atoms with van der Waals surface area (Å²) in [5, 5.41) is 0.383. The number of nitrogens with two attached hydrogens (primary N) is 1. The normalized spacial score (nSPS) is 24.1. The highest BCUT2D eigenvalue weighted by Crippen LogP contribution is 2.41. The van der Waals surface area contributed by atoms with Crippen molar-refractivity contribution in [2.24, 2.45) is 11.1 Å². The lowest BCUT2D eigenvalue weighted by Gasteiger charge is -2.41. The van der Waals surface area contributed by atoms with Crippen LogP contribution in [0.25, 0.3) is 5.69 Å². The van der Waals surface area contributed by atoms with Gasteiger partial charge in [-0.15, -0.1) is 0 Å². The summed E-state index contributed by atoms with van der Waals surface area (Å²) in [6.45, 7) is 6.11. The van der Waals surface area contributed by atoms with Crippen molar-refractivity contribution in [3.63, 3.8) is 0 Å². The summed E-state index contributed by atoms with van der Waals surface area (Å²) in [5.41, 5.74) is 6.69. The first-order valence-corrected chi connectivity index (χ1v) is 10.1. The highest BCUT2D eigenvalue weighted by molar-refractivity contribution is 6.42. The van der Waals surface area contributed by atoms with Crippen LogP contribution in [0, 0.1) is 12.3 Å². The maximum atomic E-state index is 12.8. The van der Waals surface area contributed by atoms with E-state index in [1.165, 1.54) is 10.8 Å². The Hall–Kier alpha value is -1.67. The summed E-state index contributed by atoms with van der Waals surface area (Å²) in [4.78, 5) is 23.6. The van der Waals surface area contributed by atoms with Crippen molar-refractivity contribution in [3.8, 4) is 5.69 Å². The smallest absolute Gasteiger partial charge is 0.260 e. The fourth-order valence-corrected chi connectivity index (χ4v) is 4.62. The standard InChI is InChI=1S/C19H23Cl2N5O2/c1-11-17(22)19(10-28-11)4-7-25(8-5-19)14-9-15(27)26(12(2)24-14)13-3-6-23-18(21)16(13)20/h3,6,9,11,17H,4-5,7-8,10,22H2,1-2H3/t11-,17+/m0/s1. The van der Waals surface area contributed by atoms with E-state index >= 15 is 0 Å². The fraction of sp³-hybridized carbons (Fsp3) is 0.526. The molecule has 2 aromatic rings. The van der Waals surface area contributed by atoms with E-state index in [0.717, 1.165) is 25.9 Å². The number of halogens is 2. The van der Waals surface area contributed by atoms with Gasteiger partial charge >= 0.3 is 0 Å². The monoisotopic (exact) mass is 423 g/mol. The molecule has 0 aliphatic carbocycles. The number of piperidine rings is 1. The predicted molar refractivity (Wildman–Crippen MR) is 110 cm³/mol. The maximum Gasteiger partial charge on any atom is 0.260 e. The number of aryl methyl sites for hydroxylation is 1. The van der Waals surface area contributed by atoms with Gasteiger partial charge in [0.1, 0.15) is 21.8 Å². The van der Waals surface area contributed by atoms with Crippen molar-refractivity contribution in [2.45, 2.75) is 38.8 Å². The van der Waals surface area contributed by atoms with Crippen molar-refractivity contribution >= 4 is 29.0 Å². The molecular weight excluding hydrogens is 401 g/mol. The van der Waals surface area contributed by atoms with Gasteiger partial charge in [0.15, 0.2) is 0 Å². The van der Waals surface area contributed by atoms with Gasteiger partial charge in [0, 0.05) is 36.8 Å². The molecule has 2 aliphatic heterocycles. The number of hydrogen-bond donors (Lipinski definition) is 1. The van der Waals surface area contributed by atoms with Gasteiger partial charge in [-0.05, 0) is 32.8 Å². The third-order valence-electron chi connectivity index (χ3n) is 6.07. The average Bonchev–Trinajstić information content (AvgIpc) is 2.94. The summed E-state index contributed by atoms with van der Waals surface area (Å²) in [6.07, 6.45) is 3.46. The first kappa shape index (κ1) is 19.6. The number of ether oxygens (including phenoxy) is 1. The minimum Gasteiger partial charge on any atom is -0.376 e. The van der Waals surface area contributed by atoms with Gasteiger partial charge in [-0.3, -0.25) is 9.36 Å². The minimum atomic E-state index is -0.207. The average molecular weight is 424 g/mol. The number of anilines is 1. The zero-order valence-electron chi connectivity index (χ0n) is 15.9. The van der Waals surface area contributed by atoms with Crippen molar-refractivity contribution in [3.05, 3.63) is 44.7 Å². The molecule has 0 amide bonds. The summed E-state index contributed by atoms with van der Waals surface area (Å²) in [6, 6.07) is 3.25. The third kappa shape index (κ3) is 3.20. The number of nitrogens with zero attached hydrogens (tertiary/aromatic N) is 4. The lowest BCUT2D eigenvalue weighted by Crippen LogP contribution is -2.51. The summed E-state index contributed by atoms with van der Waals surface area (Å²) < 4.78 is 7.23. The maximum absolute atomic E-state index is 12.8. The molecular formula is C19H23Cl2N5O2. The van der Waals surface area contributed by atoms with Gasteiger partial charge in [-0.1, -0.05) is 23.2 Å². The Labute approximate surface area is 173 Å². The molecule has 2 aliphatic rings. The molecule has 2 saturated heterocycles. The first-order chi connectivity index (χ1) is 13.3. The van der Waals surface area contributed by atoms with Crippen LogP contribution in [0.5, 0.6) is 0 Å². The van der Waals surface area contributed by atoms with E-state index in [2.05, 4.69) is 14.9 Å². The van der Waals surface area contributed by atoms with E-state index in [1.54, 1.807) is 19.1 Å². The quantitative estimate of drug-likeness (QED) is 0.746. The van der Waals surface area contributed by atoms with Gasteiger partial charge in [-0.25, -0.2) is 9.97 Å². The van der Waals surface area contributed by atoms with Crippen LogP contribution in [0.2, 0.25) is 10.2 Å². The van der Waals surface area contributed by atoms with Crippen LogP contribution in [-0.2, 0) is 4.74 Å². The van der Waals surface area contributed by atoms with Gasteiger partial charge in [0.05, 0.1) is 18.4 Å². The SMILES string of the molecule is Cc1nc(N2CCC3(CC2)CO[C@@H](C)[C@H]3N)cc(=O)n1-c1ccnc(Cl)c1Cl. The highest BCUT2D eigenvalue weighted by atomic mass is 35.5. The van der Waals surface area contributed by atoms with E-state index in [9.17, 15) is 4.79 Å². The molecule has 150 valence electrons. The summed E-state index contributed by atoms with van der Waals surface area (Å²) >= 11 is 12.2. The van der Waals surface area contributed by atoms with E-state index in [1.807, 2.05) is 6.92 Å². The molecule has 1 spiro atoms. The second kappa shape index (κ2) is 7.30. The van der Waals surface area contributed by atoms with Gasteiger partial charge in [-0.2, -0.15) is 0 Å². The Morgan fingerprint density at radius 1 is 1.32 bits per heavy atom. The molecule has 7 nitrogen and oxygen atoms in total. The Morgan fingerprint density at radius 3 is 2.64 bits per heavy atom. The molecule has 4 rings (SSSR count). The van der Waals surface area contributed by atoms with Crippen molar-refractivity contribution < 1.29 is 4.74 Å². The second-order valence-electron chi connectivity index (χ2n) is 7.66. The molecule has 0 saturated carbocycles. The van der Waals surface area contributed by atoms with Gasteiger partial charge < -0.3 is 15.4 Å². The van der Waals surface area contributed by atoms with Crippen LogP contribution < -0.4 is 16.2 Å². The summed E-state index contributed by atoms with van der Waals surface area (Å²) in [5.74, 6) is 1.21. The largest absolute Gasteiger partial charge is 0.376 e. The third-order valence-corrected chi connectivity index (χ3v) is 6.83. The second-order valence-corrected chi connectivity index (χ2v) is 8.40. The molecule has 2 fully saturated rings. The lowest BCUT2D eigenvalue weighted by molar-refractivity contribution is 0.0974. The Balaban J connectivity index is 1.60. The van der Waals surface area contributed by atoms with Crippen LogP contribution in [0.15, 0.2) is 23.1 Å². The van der Waals surface area contributed by atoms with Crippen LogP contribution >= 0.6 is 23.2 Å². The summed E-state index contributed by atoms with van der Waals surface area (Å²) in [7, 11) is 0. The minimum absolute atomic E-state index is 0.0290. The van der Waals surface area contributed by atoms with Crippen LogP contribution in [0.4, 0.5) is 5.82 Å². The number of rotatable bonds is 2. The molecule has 9 heteroatoms. The van der Waals surface area contributed by atoms with Gasteiger partial charge in [0.2, 0.25) is 0 Å². The highest BCUT2D eigenvalue weighted by Gasteiger charge is 2.47. The molecule has 0 bridgehead atoms. The number of pyridine rings is 1. The predicted octanol–water partition coefficient (Wildman–Crippen LogP) is 2.58. The molecule has 0 aromatic carbocycles. The van der Waals surface area contributed by atoms with Crippen LogP contribution in [-0.4, -0.2) is 46.4 Å². The van der Waals surface area contributed by atoms with Gasteiger partial charge in [0.25, 0.3) is 5.56 Å². The van der Waals surface area contributed by atoms with E-state index in [4.69, 9.17) is 33.7 Å². The zero-order valence-corrected chi connectivity index (χ0v) is 17.4. The number of aromatic nitrogens is 3. The lowest BCUT2D eigenvalue weighted by atomic mass is 9.73. The Morgan fingerprint density at radius 2 is 2.04 bits per heavy atom. The van der Waals surface area contributed by atoms with E-state index in [0.29, 0.717) is 23.9 Å². The number of hydrogen-bond acceptors (Lipinski definition) is 6. The molecule has 28 heavy (non-hydrogen) atoms. The fourth-order valence-electron chi connectivity index (χ4n) is 4.27. The Bertz CT molecular complexity index is 956. The molecule has 2 aromatic heterocycles. The zero-order chi connectivity index (χ0) is 20.1. The topological polar surface area (TPSA) is 86.3 Å².